The van der Waals surface area contributed by atoms with Crippen LogP contribution in [0.2, 0.25) is 0 Å². The molecule has 0 bridgehead atoms. The van der Waals surface area contributed by atoms with Crippen molar-refractivity contribution in [2.24, 2.45) is 0 Å². The van der Waals surface area contributed by atoms with Crippen LogP contribution in [0.3, 0.4) is 0 Å². The quantitative estimate of drug-likeness (QED) is 0.143. The highest BCUT2D eigenvalue weighted by Crippen LogP contribution is 2.32. The molecule has 30 heteroatoms. The van der Waals surface area contributed by atoms with Crippen LogP contribution in [0.4, 0.5) is 40.3 Å². The van der Waals surface area contributed by atoms with Gasteiger partial charge in [0, 0.05) is 169 Å². The first-order valence-corrected chi connectivity index (χ1v) is 35.8. The van der Waals surface area contributed by atoms with E-state index in [1.54, 1.807) is 130 Å². The van der Waals surface area contributed by atoms with Crippen molar-refractivity contribution in [1.82, 2.24) is 79.7 Å². The van der Waals surface area contributed by atoms with E-state index in [1.807, 2.05) is 168 Å². The van der Waals surface area contributed by atoms with Gasteiger partial charge in [-0.1, -0.05) is 12.1 Å². The Balaban J connectivity index is 0.000000103. The summed E-state index contributed by atoms with van der Waals surface area (Å²) in [5, 5.41) is 0. The van der Waals surface area contributed by atoms with Gasteiger partial charge < -0.3 is 67.5 Å². The minimum atomic E-state index is 0.461. The number of hydrogen-bond donors (Lipinski definition) is 0. The lowest BCUT2D eigenvalue weighted by Gasteiger charge is -2.30. The zero-order chi connectivity index (χ0) is 75.6. The van der Waals surface area contributed by atoms with Gasteiger partial charge in [-0.05, 0) is 133 Å². The molecule has 0 fully saturated rings. The van der Waals surface area contributed by atoms with Crippen molar-refractivity contribution in [1.29, 1.82) is 0 Å². The molecule has 0 spiro atoms. The first kappa shape index (κ1) is 72.7. The monoisotopic (exact) mass is 1490 g/mol. The first-order valence-electron chi connectivity index (χ1n) is 35.8. The third-order valence-corrected chi connectivity index (χ3v) is 17.8. The van der Waals surface area contributed by atoms with Crippen LogP contribution >= 0.6 is 0 Å². The average molecular weight is 1490 g/mol. The topological polar surface area (TPSA) is 294 Å². The Morgan fingerprint density at radius 3 is 0.911 bits per heavy atom. The highest BCUT2D eigenvalue weighted by molar-refractivity contribution is 5.52. The van der Waals surface area contributed by atoms with E-state index >= 15 is 0 Å². The number of nitrogens with zero attached hydrogens (tertiary/aromatic N) is 23. The van der Waals surface area contributed by atoms with Gasteiger partial charge >= 0.3 is 0 Å². The molecule has 560 valence electrons. The molecule has 0 aromatic carbocycles. The maximum Gasteiger partial charge on any atom is 0.228 e. The molecule has 0 atom stereocenters. The molecule has 21 heterocycles. The van der Waals surface area contributed by atoms with Gasteiger partial charge in [0.2, 0.25) is 23.7 Å². The van der Waals surface area contributed by atoms with Crippen molar-refractivity contribution >= 4 is 40.3 Å². The lowest BCUT2D eigenvalue weighted by atomic mass is 10.2. The molecule has 30 nitrogen and oxygen atoms in total. The first-order chi connectivity index (χ1) is 55.5. The molecule has 7 aliphatic heterocycles. The predicted octanol–water partition coefficient (Wildman–Crippen LogP) is 11.6. The maximum atomic E-state index is 5.66. The largest absolute Gasteiger partial charge is 0.473 e. The van der Waals surface area contributed by atoms with E-state index in [9.17, 15) is 0 Å². The average Bonchev–Trinajstić information content (AvgIpc) is 0.865. The summed E-state index contributed by atoms with van der Waals surface area (Å²) in [6, 6.07) is 46.5. The molecule has 0 amide bonds. The number of anilines is 7. The fourth-order valence-corrected chi connectivity index (χ4v) is 12.2. The number of ether oxygens (including phenoxy) is 7. The second-order valence-corrected chi connectivity index (χ2v) is 25.2. The highest BCUT2D eigenvalue weighted by atomic mass is 16.5. The summed E-state index contributed by atoms with van der Waals surface area (Å²) in [4.78, 5) is 80.9. The summed E-state index contributed by atoms with van der Waals surface area (Å²) in [7, 11) is 0. The standard InChI is InChI=1S/5C12H11N3O.2C11H10N4O/c1-4-13-5-2-11(1)15-8-10-7-14-6-3-12(10)16-9-15;1-3-10-8-15(9-16-12(10)14-6-1)11-4-2-5-13-7-11;1-3-10(7-13-5-1)15-8-11-12(16-9-15)4-2-6-14-11;1-2-12-11(14-5-1)8-15(9-16-12)10-3-6-13-7-4-10;1-2-10-8-15(9-16-12(10)14-5-1)11-3-6-13-7-4-11;1-3-13-11(14-4-1)15-7-9-6-12-5-2-10(9)16-8-15;1-3-10-9(12-4-1)7-15(8-16-10)11-13-5-2-6-14-11/h5*1-7H,8-9H2;2*1-6H,7-8H2. The lowest BCUT2D eigenvalue weighted by Crippen LogP contribution is -2.33. The normalized spacial score (nSPS) is 14.1. The van der Waals surface area contributed by atoms with Crippen LogP contribution in [-0.2, 0) is 45.8 Å². The van der Waals surface area contributed by atoms with Gasteiger partial charge in [-0.15, -0.1) is 0 Å². The van der Waals surface area contributed by atoms with Crippen LogP contribution in [-0.4, -0.2) is 127 Å². The van der Waals surface area contributed by atoms with Crippen molar-refractivity contribution in [3.05, 3.63) is 327 Å². The SMILES string of the molecule is c1cc(N2COc3ccncc3C2)ccn1.c1cnc(N2COc3cccnc3C2)nc1.c1cnc(N2COc3ccncc3C2)nc1.c1cnc2c(c1)CN(c1ccncc1)CO2.c1cnc2c(c1)OCN(c1ccncc1)C2.c1cncc(N2COc3cccnc3C2)c1.c1cncc(N2COc3ncccc3C2)c1. The molecule has 0 aliphatic carbocycles. The molecule has 21 rings (SSSR count). The zero-order valence-electron chi connectivity index (χ0n) is 60.7. The Kier molecular flexibility index (Phi) is 24.1. The summed E-state index contributed by atoms with van der Waals surface area (Å²) in [5.74, 6) is 7.25. The van der Waals surface area contributed by atoms with Crippen LogP contribution < -0.4 is 67.5 Å². The number of pyridine rings is 12. The molecule has 14 aromatic rings. The molecule has 0 saturated carbocycles. The van der Waals surface area contributed by atoms with Crippen molar-refractivity contribution in [2.75, 3.05) is 81.4 Å². The summed E-state index contributed by atoms with van der Waals surface area (Å²) in [6.07, 6.45) is 40.8. The minimum absolute atomic E-state index is 0.461. The summed E-state index contributed by atoms with van der Waals surface area (Å²) in [6.45, 7) is 9.09. The Hall–Kier alpha value is -14.8. The second-order valence-electron chi connectivity index (χ2n) is 25.2. The van der Waals surface area contributed by atoms with Gasteiger partial charge in [-0.25, -0.2) is 29.9 Å². The molecule has 0 radical (unpaired) electrons. The van der Waals surface area contributed by atoms with Crippen molar-refractivity contribution < 1.29 is 33.2 Å². The van der Waals surface area contributed by atoms with Crippen LogP contribution in [0.1, 0.15) is 39.3 Å². The van der Waals surface area contributed by atoms with E-state index in [2.05, 4.69) is 104 Å². The molecule has 0 saturated heterocycles. The zero-order valence-corrected chi connectivity index (χ0v) is 60.7. The van der Waals surface area contributed by atoms with Crippen LogP contribution in [0.15, 0.2) is 288 Å². The predicted molar refractivity (Wildman–Crippen MR) is 417 cm³/mol. The Morgan fingerprint density at radius 2 is 0.491 bits per heavy atom. The molecule has 14 aromatic heterocycles. The van der Waals surface area contributed by atoms with Crippen molar-refractivity contribution in [3.8, 4) is 40.5 Å². The fourth-order valence-electron chi connectivity index (χ4n) is 12.2. The van der Waals surface area contributed by atoms with Crippen LogP contribution in [0, 0.1) is 0 Å². The smallest absolute Gasteiger partial charge is 0.228 e. The van der Waals surface area contributed by atoms with Gasteiger partial charge in [0.15, 0.2) is 47.1 Å². The van der Waals surface area contributed by atoms with Crippen LogP contribution in [0.25, 0.3) is 0 Å². The van der Waals surface area contributed by atoms with E-state index in [0.29, 0.717) is 65.6 Å². The number of aromatic nitrogens is 16. The van der Waals surface area contributed by atoms with Gasteiger partial charge in [-0.3, -0.25) is 49.8 Å². The van der Waals surface area contributed by atoms with Gasteiger partial charge in [0.05, 0.1) is 69.6 Å². The summed E-state index contributed by atoms with van der Waals surface area (Å²) < 4.78 is 39.2. The third-order valence-electron chi connectivity index (χ3n) is 17.8. The Bertz CT molecular complexity index is 4320. The van der Waals surface area contributed by atoms with E-state index in [0.717, 1.165) is 148 Å². The second kappa shape index (κ2) is 37.1. The number of hydrogen-bond acceptors (Lipinski definition) is 30. The molecular formula is C82H75N23O7. The summed E-state index contributed by atoms with van der Waals surface area (Å²) >= 11 is 0. The van der Waals surface area contributed by atoms with Gasteiger partial charge in [0.1, 0.15) is 45.8 Å². The molecular weight excluding hydrogens is 1420 g/mol. The van der Waals surface area contributed by atoms with E-state index in [-0.39, 0.29) is 0 Å². The van der Waals surface area contributed by atoms with E-state index in [1.165, 1.54) is 0 Å². The maximum absolute atomic E-state index is 5.66. The summed E-state index contributed by atoms with van der Waals surface area (Å²) in [5.41, 5.74) is 12.7. The van der Waals surface area contributed by atoms with E-state index < -0.39 is 0 Å². The van der Waals surface area contributed by atoms with Gasteiger partial charge in [0.25, 0.3) is 0 Å². The lowest BCUT2D eigenvalue weighted by molar-refractivity contribution is 0.277. The minimum Gasteiger partial charge on any atom is -0.473 e. The Labute approximate surface area is 645 Å². The van der Waals surface area contributed by atoms with E-state index in [4.69, 9.17) is 33.2 Å². The fraction of sp³-hybridized carbons (Fsp3) is 0.171. The molecule has 0 N–H and O–H groups in total. The number of fused-ring (bicyclic) bond motifs is 7. The van der Waals surface area contributed by atoms with Crippen molar-refractivity contribution in [3.63, 3.8) is 0 Å². The Morgan fingerprint density at radius 1 is 0.196 bits per heavy atom. The van der Waals surface area contributed by atoms with Crippen LogP contribution in [0.5, 0.6) is 40.5 Å². The molecule has 7 aliphatic rings. The third kappa shape index (κ3) is 19.3. The molecule has 0 unspecified atom stereocenters. The van der Waals surface area contributed by atoms with Gasteiger partial charge in [-0.2, -0.15) is 0 Å². The highest BCUT2D eigenvalue weighted by Gasteiger charge is 2.25. The van der Waals surface area contributed by atoms with Crippen molar-refractivity contribution in [2.45, 2.75) is 45.8 Å². The molecule has 112 heavy (non-hydrogen) atoms. The number of rotatable bonds is 7.